The maximum Gasteiger partial charge on any atom is 0.229 e. The molecule has 0 saturated heterocycles. The van der Waals surface area contributed by atoms with Crippen LogP contribution < -0.4 is 15.8 Å². The molecule has 0 bridgehead atoms. The fourth-order valence-electron chi connectivity index (χ4n) is 2.46. The third-order valence-corrected chi connectivity index (χ3v) is 3.73. The lowest BCUT2D eigenvalue weighted by molar-refractivity contribution is 0.616. The maximum absolute atomic E-state index is 13.5. The summed E-state index contributed by atoms with van der Waals surface area (Å²) in [7, 11) is -2.62. The monoisotopic (exact) mass is 415 g/mol. The highest BCUT2D eigenvalue weighted by molar-refractivity contribution is 7.69. The minimum Gasteiger partial charge on any atom is -0.324 e. The predicted octanol–water partition coefficient (Wildman–Crippen LogP) is 2.76. The summed E-state index contributed by atoms with van der Waals surface area (Å²) in [6.07, 6.45) is 1.64. The first-order valence-electron chi connectivity index (χ1n) is 8.37. The van der Waals surface area contributed by atoms with Gasteiger partial charge in [0.1, 0.15) is 11.6 Å². The van der Waals surface area contributed by atoms with E-state index >= 15 is 0 Å². The molecule has 150 valence electrons. The smallest absolute Gasteiger partial charge is 0.229 e. The number of aryl methyl sites for hydroxylation is 1. The lowest BCUT2D eigenvalue weighted by Gasteiger charge is -2.07. The van der Waals surface area contributed by atoms with Crippen molar-refractivity contribution in [1.29, 1.82) is 0 Å². The molecule has 11 heteroatoms. The quantitative estimate of drug-likeness (QED) is 0.323. The van der Waals surface area contributed by atoms with Gasteiger partial charge in [-0.25, -0.2) is 22.9 Å². The summed E-state index contributed by atoms with van der Waals surface area (Å²) < 4.78 is 31.1. The molecule has 9 nitrogen and oxygen atoms in total. The van der Waals surface area contributed by atoms with Crippen molar-refractivity contribution in [2.75, 3.05) is 10.6 Å². The number of rotatable bonds is 4. The number of nitrogens with zero attached hydrogens (tertiary/aromatic N) is 3. The van der Waals surface area contributed by atoms with Crippen LogP contribution in [0.15, 0.2) is 54.7 Å². The largest absolute Gasteiger partial charge is 0.324 e. The molecule has 0 amide bonds. The second-order valence-corrected chi connectivity index (χ2v) is 6.50. The number of halogens is 1. The number of aromatic amines is 1. The predicted molar refractivity (Wildman–Crippen MR) is 110 cm³/mol. The standard InChI is InChI=1S/C18H15FN6.H3NO2S/c1-11-2-5-13(6-3-11)21-18-20-9-8-16(23-18)22-17-14-10-12(19)4-7-15(14)24-25-17;1-4(2)3/h2-10H,1H3,(H3,20,21,22,23,24,25);4H,(H2,1,2,3). The van der Waals surface area contributed by atoms with E-state index in [9.17, 15) is 4.39 Å². The number of thiol groups is 1. The second-order valence-electron chi connectivity index (χ2n) is 5.93. The first-order valence-corrected chi connectivity index (χ1v) is 9.62. The number of aromatic nitrogens is 4. The summed E-state index contributed by atoms with van der Waals surface area (Å²) in [6, 6.07) is 14.1. The molecule has 0 unspecified atom stereocenters. The van der Waals surface area contributed by atoms with Crippen molar-refractivity contribution < 1.29 is 12.8 Å². The fraction of sp³-hybridized carbons (Fsp3) is 0.0556. The molecular weight excluding hydrogens is 397 g/mol. The highest BCUT2D eigenvalue weighted by Crippen LogP contribution is 2.24. The summed E-state index contributed by atoms with van der Waals surface area (Å²) in [4.78, 5) is 8.63. The molecule has 2 aromatic heterocycles. The van der Waals surface area contributed by atoms with E-state index in [-0.39, 0.29) is 5.82 Å². The molecule has 0 atom stereocenters. The van der Waals surface area contributed by atoms with Crippen molar-refractivity contribution in [1.82, 2.24) is 20.2 Å². The molecule has 0 aliphatic carbocycles. The van der Waals surface area contributed by atoms with Crippen LogP contribution in [0.3, 0.4) is 0 Å². The molecule has 0 saturated carbocycles. The van der Waals surface area contributed by atoms with Crippen molar-refractivity contribution in [3.63, 3.8) is 0 Å². The molecule has 0 aliphatic heterocycles. The van der Waals surface area contributed by atoms with E-state index in [0.29, 0.717) is 23.0 Å². The number of nitrogens with one attached hydrogen (secondary N) is 3. The maximum atomic E-state index is 13.5. The van der Waals surface area contributed by atoms with Crippen LogP contribution in [0.1, 0.15) is 5.56 Å². The first kappa shape index (κ1) is 20.2. The summed E-state index contributed by atoms with van der Waals surface area (Å²) in [5, 5.41) is 18.0. The van der Waals surface area contributed by atoms with Crippen LogP contribution in [0.4, 0.5) is 27.7 Å². The van der Waals surface area contributed by atoms with E-state index < -0.39 is 10.9 Å². The molecule has 29 heavy (non-hydrogen) atoms. The fourth-order valence-corrected chi connectivity index (χ4v) is 2.46. The highest BCUT2D eigenvalue weighted by Gasteiger charge is 2.08. The molecule has 4 aromatic rings. The summed E-state index contributed by atoms with van der Waals surface area (Å²) in [6.45, 7) is 2.03. The van der Waals surface area contributed by atoms with Gasteiger partial charge in [0.25, 0.3) is 0 Å². The Morgan fingerprint density at radius 2 is 1.79 bits per heavy atom. The van der Waals surface area contributed by atoms with Crippen LogP contribution in [0.25, 0.3) is 10.9 Å². The van der Waals surface area contributed by atoms with Crippen LogP contribution in [-0.4, -0.2) is 28.6 Å². The Labute approximate surface area is 167 Å². The van der Waals surface area contributed by atoms with Gasteiger partial charge in [-0.05, 0) is 43.3 Å². The highest BCUT2D eigenvalue weighted by atomic mass is 32.2. The zero-order valence-corrected chi connectivity index (χ0v) is 16.2. The van der Waals surface area contributed by atoms with E-state index in [4.69, 9.17) is 8.42 Å². The van der Waals surface area contributed by atoms with Gasteiger partial charge >= 0.3 is 0 Å². The lowest BCUT2D eigenvalue weighted by atomic mass is 10.2. The summed E-state index contributed by atoms with van der Waals surface area (Å²) in [5.74, 6) is 1.21. The van der Waals surface area contributed by atoms with E-state index in [1.54, 1.807) is 18.3 Å². The molecule has 0 aliphatic rings. The van der Waals surface area contributed by atoms with Gasteiger partial charge in [-0.1, -0.05) is 17.7 Å². The van der Waals surface area contributed by atoms with Crippen LogP contribution >= 0.6 is 0 Å². The minimum atomic E-state index is -2.62. The second kappa shape index (κ2) is 9.08. The van der Waals surface area contributed by atoms with Gasteiger partial charge in [0.15, 0.2) is 16.7 Å². The number of hydrogen-bond donors (Lipinski definition) is 5. The average Bonchev–Trinajstić information content (AvgIpc) is 3.05. The number of H-pyrrole nitrogens is 1. The van der Waals surface area contributed by atoms with Gasteiger partial charge < -0.3 is 10.6 Å². The van der Waals surface area contributed by atoms with Gasteiger partial charge in [0.2, 0.25) is 5.95 Å². The van der Waals surface area contributed by atoms with Gasteiger partial charge in [-0.15, -0.1) is 0 Å². The normalized spacial score (nSPS) is 10.5. The van der Waals surface area contributed by atoms with Crippen LogP contribution in [-0.2, 0) is 10.9 Å². The topological polar surface area (TPSA) is 139 Å². The summed E-state index contributed by atoms with van der Waals surface area (Å²) >= 11 is 0. The van der Waals surface area contributed by atoms with Gasteiger partial charge in [-0.3, -0.25) is 5.10 Å². The van der Waals surface area contributed by atoms with E-state index in [1.807, 2.05) is 31.2 Å². The van der Waals surface area contributed by atoms with Crippen molar-refractivity contribution in [2.24, 2.45) is 5.14 Å². The molecule has 2 heterocycles. The van der Waals surface area contributed by atoms with Crippen molar-refractivity contribution >= 4 is 45.1 Å². The van der Waals surface area contributed by atoms with Gasteiger partial charge in [0, 0.05) is 17.3 Å². The molecule has 0 fully saturated rings. The van der Waals surface area contributed by atoms with Crippen LogP contribution in [0.5, 0.6) is 0 Å². The summed E-state index contributed by atoms with van der Waals surface area (Å²) in [5.41, 5.74) is 2.82. The zero-order chi connectivity index (χ0) is 20.8. The molecule has 5 N–H and O–H groups in total. The van der Waals surface area contributed by atoms with Crippen molar-refractivity contribution in [3.05, 3.63) is 66.1 Å². The number of nitrogens with two attached hydrogens (primary N) is 1. The zero-order valence-electron chi connectivity index (χ0n) is 15.3. The number of hydrogen-bond acceptors (Lipinski definition) is 7. The Kier molecular flexibility index (Phi) is 6.32. The molecule has 2 aromatic carbocycles. The van der Waals surface area contributed by atoms with E-state index in [2.05, 4.69) is 35.9 Å². The Hall–Kier alpha value is -3.57. The molecular formula is C18H18FN7O2S. The van der Waals surface area contributed by atoms with Crippen LogP contribution in [0, 0.1) is 12.7 Å². The molecule has 4 rings (SSSR count). The number of anilines is 4. The third kappa shape index (κ3) is 5.70. The molecule has 0 spiro atoms. The Morgan fingerprint density at radius 3 is 2.52 bits per heavy atom. The number of fused-ring (bicyclic) bond motifs is 1. The Morgan fingerprint density at radius 1 is 1.07 bits per heavy atom. The van der Waals surface area contributed by atoms with E-state index in [0.717, 1.165) is 11.2 Å². The average molecular weight is 415 g/mol. The minimum absolute atomic E-state index is 0.318. The van der Waals surface area contributed by atoms with Gasteiger partial charge in [0.05, 0.1) is 5.52 Å². The Balaban J connectivity index is 0.000000552. The molecule has 0 radical (unpaired) electrons. The third-order valence-electron chi connectivity index (χ3n) is 3.73. The number of benzene rings is 2. The van der Waals surface area contributed by atoms with Crippen molar-refractivity contribution in [3.8, 4) is 0 Å². The van der Waals surface area contributed by atoms with Crippen molar-refractivity contribution in [2.45, 2.75) is 6.92 Å². The Bertz CT molecular complexity index is 1180. The lowest BCUT2D eigenvalue weighted by Crippen LogP contribution is -2.00. The first-order chi connectivity index (χ1) is 13.9. The van der Waals surface area contributed by atoms with Crippen LogP contribution in [0.2, 0.25) is 0 Å². The van der Waals surface area contributed by atoms with Gasteiger partial charge in [-0.2, -0.15) is 10.1 Å². The SMILES string of the molecule is Cc1ccc(Nc2nccc(Nc3n[nH]c4ccc(F)cc34)n2)cc1.N[SH](=O)=O. The van der Waals surface area contributed by atoms with E-state index in [1.165, 1.54) is 17.7 Å².